The molecule has 0 saturated heterocycles. The predicted molar refractivity (Wildman–Crippen MR) is 109 cm³/mol. The first-order chi connectivity index (χ1) is 12.8. The molecule has 144 valence electrons. The van der Waals surface area contributed by atoms with Crippen molar-refractivity contribution < 1.29 is 28.8 Å². The maximum absolute atomic E-state index is 12.0. The number of carbonyl (C=O) groups excluding carboxylic acids is 2. The van der Waals surface area contributed by atoms with Gasteiger partial charge in [-0.05, 0) is 36.1 Å². The smallest absolute Gasteiger partial charge is 0.244 e. The molecule has 0 bridgehead atoms. The van der Waals surface area contributed by atoms with Crippen molar-refractivity contribution in [1.82, 2.24) is 0 Å². The molecule has 27 heavy (non-hydrogen) atoms. The average Bonchev–Trinajstić information content (AvgIpc) is 2.62. The maximum Gasteiger partial charge on any atom is 0.244 e. The summed E-state index contributed by atoms with van der Waals surface area (Å²) in [6.07, 6.45) is 0.0212. The molecule has 9 heteroatoms. The number of rotatable bonds is 10. The Balaban J connectivity index is 1.76. The van der Waals surface area contributed by atoms with Gasteiger partial charge in [0.15, 0.2) is 11.6 Å². The van der Waals surface area contributed by atoms with Gasteiger partial charge in [0.05, 0.1) is 24.3 Å². The number of Topliss-reactive ketones (excluding diaryl/α,β-unsaturated/α-hetero) is 2. The third-order valence-electron chi connectivity index (χ3n) is 3.58. The highest BCUT2D eigenvalue weighted by atomic mass is 32.9. The number of carbonyl (C=O) groups is 2. The number of benzene rings is 2. The SMILES string of the molecule is O=C(CCOP(=S)(S)OCCC(=O)c1ccccc1O)c1ccccc1O. The van der Waals surface area contributed by atoms with Gasteiger partial charge in [-0.15, -0.1) is 0 Å². The average molecular weight is 426 g/mol. The molecule has 0 heterocycles. The topological polar surface area (TPSA) is 93.1 Å². The maximum atomic E-state index is 12.0. The van der Waals surface area contributed by atoms with E-state index < -0.39 is 5.69 Å². The quantitative estimate of drug-likeness (QED) is 0.299. The lowest BCUT2D eigenvalue weighted by Gasteiger charge is -2.16. The standard InChI is InChI=1S/C18H19O6PS2/c19-15-7-3-1-5-13(15)17(21)9-11-23-25(26,27)24-12-10-18(22)14-6-2-4-8-16(14)20/h1-8,19-20H,9-12H2,(H,26,27). The van der Waals surface area contributed by atoms with Gasteiger partial charge in [0.1, 0.15) is 11.5 Å². The van der Waals surface area contributed by atoms with Gasteiger partial charge in [-0.1, -0.05) is 36.5 Å². The first-order valence-electron chi connectivity index (χ1n) is 8.04. The number of hydrogen-bond donors (Lipinski definition) is 3. The molecule has 0 amide bonds. The van der Waals surface area contributed by atoms with Crippen LogP contribution < -0.4 is 0 Å². The molecule has 0 atom stereocenters. The van der Waals surface area contributed by atoms with Crippen LogP contribution in [-0.2, 0) is 20.9 Å². The van der Waals surface area contributed by atoms with E-state index in [1.165, 1.54) is 24.3 Å². The third kappa shape index (κ3) is 6.75. The zero-order valence-electron chi connectivity index (χ0n) is 14.3. The molecule has 0 aliphatic heterocycles. The predicted octanol–water partition coefficient (Wildman–Crippen LogP) is 4.13. The van der Waals surface area contributed by atoms with Crippen LogP contribution >= 0.6 is 17.9 Å². The van der Waals surface area contributed by atoms with Crippen LogP contribution in [0.1, 0.15) is 33.6 Å². The van der Waals surface area contributed by atoms with E-state index in [9.17, 15) is 19.8 Å². The Morgan fingerprint density at radius 2 is 1.22 bits per heavy atom. The van der Waals surface area contributed by atoms with Crippen molar-refractivity contribution in [3.8, 4) is 11.5 Å². The van der Waals surface area contributed by atoms with E-state index in [0.717, 1.165) is 0 Å². The molecule has 6 nitrogen and oxygen atoms in total. The molecule has 2 aromatic carbocycles. The molecule has 0 radical (unpaired) electrons. The summed E-state index contributed by atoms with van der Waals surface area (Å²) in [5.74, 6) is -0.754. The van der Waals surface area contributed by atoms with Crippen LogP contribution in [0.2, 0.25) is 0 Å². The highest BCUT2D eigenvalue weighted by Crippen LogP contribution is 2.53. The Morgan fingerprint density at radius 1 is 0.852 bits per heavy atom. The Hall–Kier alpha value is -1.70. The van der Waals surface area contributed by atoms with Crippen molar-refractivity contribution in [2.45, 2.75) is 12.8 Å². The lowest BCUT2D eigenvalue weighted by atomic mass is 10.1. The van der Waals surface area contributed by atoms with Crippen molar-refractivity contribution in [3.63, 3.8) is 0 Å². The van der Waals surface area contributed by atoms with Crippen molar-refractivity contribution >= 4 is 41.3 Å². The van der Waals surface area contributed by atoms with E-state index in [1.54, 1.807) is 24.3 Å². The third-order valence-corrected chi connectivity index (χ3v) is 5.92. The fourth-order valence-corrected chi connectivity index (χ4v) is 3.89. The Labute approximate surface area is 167 Å². The number of phenolic OH excluding ortho intramolecular Hbond substituents is 2. The minimum Gasteiger partial charge on any atom is -0.507 e. The fourth-order valence-electron chi connectivity index (χ4n) is 2.23. The molecule has 2 rings (SSSR count). The molecule has 0 fully saturated rings. The van der Waals surface area contributed by atoms with Gasteiger partial charge in [-0.2, -0.15) is 0 Å². The van der Waals surface area contributed by atoms with Crippen LogP contribution in [0, 0.1) is 0 Å². The molecule has 0 aliphatic carbocycles. The fraction of sp³-hybridized carbons (Fsp3) is 0.222. The van der Waals surface area contributed by atoms with Crippen LogP contribution in [-0.4, -0.2) is 35.0 Å². The van der Waals surface area contributed by atoms with Gasteiger partial charge < -0.3 is 19.3 Å². The summed E-state index contributed by atoms with van der Waals surface area (Å²) >= 11 is 9.31. The minimum atomic E-state index is -2.91. The second kappa shape index (κ2) is 10.0. The lowest BCUT2D eigenvalue weighted by molar-refractivity contribution is 0.0957. The van der Waals surface area contributed by atoms with E-state index in [0.29, 0.717) is 0 Å². The summed E-state index contributed by atoms with van der Waals surface area (Å²) < 4.78 is 10.8. The van der Waals surface area contributed by atoms with Crippen LogP contribution in [0.25, 0.3) is 0 Å². The molecular weight excluding hydrogens is 407 g/mol. The summed E-state index contributed by atoms with van der Waals surface area (Å²) in [6, 6.07) is 12.5. The van der Waals surface area contributed by atoms with Crippen molar-refractivity contribution in [2.24, 2.45) is 0 Å². The Bertz CT molecular complexity index is 803. The molecular formula is C18H19O6PS2. The van der Waals surface area contributed by atoms with Crippen molar-refractivity contribution in [3.05, 3.63) is 59.7 Å². The zero-order valence-corrected chi connectivity index (χ0v) is 16.9. The van der Waals surface area contributed by atoms with Gasteiger partial charge in [0.2, 0.25) is 5.69 Å². The van der Waals surface area contributed by atoms with Gasteiger partial charge in [-0.25, -0.2) is 0 Å². The minimum absolute atomic E-state index is 0.0106. The van der Waals surface area contributed by atoms with E-state index in [4.69, 9.17) is 20.9 Å². The molecule has 0 unspecified atom stereocenters. The Kier molecular flexibility index (Phi) is 8.01. The first-order valence-corrected chi connectivity index (χ1v) is 11.8. The van der Waals surface area contributed by atoms with Gasteiger partial charge in [0, 0.05) is 12.8 Å². The summed E-state index contributed by atoms with van der Waals surface area (Å²) in [5, 5.41) is 19.3. The van der Waals surface area contributed by atoms with E-state index in [1.807, 2.05) is 0 Å². The van der Waals surface area contributed by atoms with Crippen LogP contribution in [0.5, 0.6) is 11.5 Å². The molecule has 0 aliphatic rings. The van der Waals surface area contributed by atoms with E-state index >= 15 is 0 Å². The highest BCUT2D eigenvalue weighted by molar-refractivity contribution is 8.60. The largest absolute Gasteiger partial charge is 0.507 e. The van der Waals surface area contributed by atoms with Crippen LogP contribution in [0.3, 0.4) is 0 Å². The summed E-state index contributed by atoms with van der Waals surface area (Å²) in [4.78, 5) is 24.1. The van der Waals surface area contributed by atoms with E-state index in [2.05, 4.69) is 12.2 Å². The van der Waals surface area contributed by atoms with Crippen LogP contribution in [0.4, 0.5) is 0 Å². The number of ketones is 2. The zero-order chi connectivity index (χ0) is 19.9. The summed E-state index contributed by atoms with van der Waals surface area (Å²) in [7, 11) is 0. The van der Waals surface area contributed by atoms with Crippen molar-refractivity contribution in [2.75, 3.05) is 13.2 Å². The second-order valence-corrected chi connectivity index (χ2v) is 10.8. The van der Waals surface area contributed by atoms with Gasteiger partial charge in [0.25, 0.3) is 0 Å². The molecule has 2 aromatic rings. The highest BCUT2D eigenvalue weighted by Gasteiger charge is 2.17. The number of hydrogen-bond acceptors (Lipinski definition) is 7. The lowest BCUT2D eigenvalue weighted by Crippen LogP contribution is -2.06. The molecule has 2 N–H and O–H groups in total. The number of phenols is 2. The molecule has 0 spiro atoms. The number of para-hydroxylation sites is 2. The van der Waals surface area contributed by atoms with Crippen molar-refractivity contribution in [1.29, 1.82) is 0 Å². The number of aromatic hydroxyl groups is 2. The summed E-state index contributed by atoms with van der Waals surface area (Å²) in [6.45, 7) is -0.0251. The summed E-state index contributed by atoms with van der Waals surface area (Å²) in [5.41, 5.74) is -2.49. The van der Waals surface area contributed by atoms with Crippen LogP contribution in [0.15, 0.2) is 48.5 Å². The number of thiol groups is 1. The second-order valence-electron chi connectivity index (χ2n) is 5.52. The van der Waals surface area contributed by atoms with Gasteiger partial charge >= 0.3 is 0 Å². The molecule has 0 aromatic heterocycles. The molecule has 0 saturated carbocycles. The Morgan fingerprint density at radius 3 is 1.59 bits per heavy atom. The monoisotopic (exact) mass is 426 g/mol. The van der Waals surface area contributed by atoms with Gasteiger partial charge in [-0.3, -0.25) is 9.59 Å². The van der Waals surface area contributed by atoms with E-state index in [-0.39, 0.29) is 60.2 Å². The normalized spacial score (nSPS) is 11.3. The first kappa shape index (κ1) is 21.6.